The zero-order chi connectivity index (χ0) is 9.97. The van der Waals surface area contributed by atoms with Gasteiger partial charge in [0.1, 0.15) is 5.75 Å². The van der Waals surface area contributed by atoms with Gasteiger partial charge < -0.3 is 4.74 Å². The van der Waals surface area contributed by atoms with Crippen molar-refractivity contribution < 1.29 is 13.5 Å². The van der Waals surface area contributed by atoms with E-state index in [4.69, 9.17) is 0 Å². The molecule has 0 aromatic heterocycles. The van der Waals surface area contributed by atoms with Gasteiger partial charge in [-0.25, -0.2) is 0 Å². The third-order valence-corrected chi connectivity index (χ3v) is 2.57. The van der Waals surface area contributed by atoms with Crippen LogP contribution in [0.5, 0.6) is 5.75 Å². The molecule has 0 heterocycles. The smallest absolute Gasteiger partial charge is 0.387 e. The van der Waals surface area contributed by atoms with E-state index in [1.165, 1.54) is 0 Å². The van der Waals surface area contributed by atoms with E-state index < -0.39 is 6.61 Å². The molecule has 0 bridgehead atoms. The standard InChI is InChI=1S/C11H12F2O/c12-11(13)14-10-7-3-5-8-4-1-2-6-9(8)10/h3,5,7,11H,1-2,4,6H2. The third kappa shape index (κ3) is 1.86. The van der Waals surface area contributed by atoms with E-state index in [0.29, 0.717) is 5.75 Å². The van der Waals surface area contributed by atoms with Crippen molar-refractivity contribution in [2.75, 3.05) is 0 Å². The fourth-order valence-electron chi connectivity index (χ4n) is 1.95. The number of fused-ring (bicyclic) bond motifs is 1. The predicted octanol–water partition coefficient (Wildman–Crippen LogP) is 3.17. The molecule has 0 saturated carbocycles. The highest BCUT2D eigenvalue weighted by Crippen LogP contribution is 2.30. The van der Waals surface area contributed by atoms with Crippen LogP contribution in [0, 0.1) is 0 Å². The van der Waals surface area contributed by atoms with Crippen LogP contribution >= 0.6 is 0 Å². The van der Waals surface area contributed by atoms with E-state index in [2.05, 4.69) is 4.74 Å². The molecule has 1 aliphatic rings. The van der Waals surface area contributed by atoms with Gasteiger partial charge in [0, 0.05) is 0 Å². The Morgan fingerprint density at radius 1 is 1.14 bits per heavy atom. The SMILES string of the molecule is FC(F)Oc1cccc2c1CCCC2. The maximum absolute atomic E-state index is 12.1. The molecule has 0 atom stereocenters. The first-order valence-corrected chi connectivity index (χ1v) is 4.83. The fraction of sp³-hybridized carbons (Fsp3) is 0.455. The van der Waals surface area contributed by atoms with Gasteiger partial charge in [-0.3, -0.25) is 0 Å². The molecular weight excluding hydrogens is 186 g/mol. The topological polar surface area (TPSA) is 9.23 Å². The van der Waals surface area contributed by atoms with Gasteiger partial charge >= 0.3 is 6.61 Å². The first kappa shape index (κ1) is 9.44. The Kier molecular flexibility index (Phi) is 2.66. The summed E-state index contributed by atoms with van der Waals surface area (Å²) in [5, 5.41) is 0. The van der Waals surface area contributed by atoms with Crippen LogP contribution in [0.3, 0.4) is 0 Å². The second kappa shape index (κ2) is 3.95. The number of benzene rings is 1. The summed E-state index contributed by atoms with van der Waals surface area (Å²) in [4.78, 5) is 0. The Bertz CT molecular complexity index is 323. The van der Waals surface area contributed by atoms with Gasteiger partial charge in [0.2, 0.25) is 0 Å². The van der Waals surface area contributed by atoms with Gasteiger partial charge in [0.15, 0.2) is 0 Å². The molecule has 0 saturated heterocycles. The lowest BCUT2D eigenvalue weighted by atomic mass is 9.91. The van der Waals surface area contributed by atoms with Gasteiger partial charge in [-0.15, -0.1) is 0 Å². The van der Waals surface area contributed by atoms with Crippen LogP contribution < -0.4 is 4.74 Å². The van der Waals surface area contributed by atoms with Crippen LogP contribution in [0.2, 0.25) is 0 Å². The summed E-state index contributed by atoms with van der Waals surface area (Å²) >= 11 is 0. The van der Waals surface area contributed by atoms with Crippen molar-refractivity contribution in [3.05, 3.63) is 29.3 Å². The number of ether oxygens (including phenoxy) is 1. The summed E-state index contributed by atoms with van der Waals surface area (Å²) in [5.41, 5.74) is 2.13. The van der Waals surface area contributed by atoms with E-state index in [0.717, 1.165) is 36.8 Å². The summed E-state index contributed by atoms with van der Waals surface area (Å²) in [7, 11) is 0. The zero-order valence-electron chi connectivity index (χ0n) is 7.80. The Morgan fingerprint density at radius 2 is 1.93 bits per heavy atom. The highest BCUT2D eigenvalue weighted by Gasteiger charge is 2.15. The fourth-order valence-corrected chi connectivity index (χ4v) is 1.95. The second-order valence-electron chi connectivity index (χ2n) is 3.48. The molecule has 0 spiro atoms. The van der Waals surface area contributed by atoms with Crippen molar-refractivity contribution in [1.82, 2.24) is 0 Å². The predicted molar refractivity (Wildman–Crippen MR) is 49.7 cm³/mol. The number of hydrogen-bond donors (Lipinski definition) is 0. The normalized spacial score (nSPS) is 15.4. The minimum Gasteiger partial charge on any atom is -0.435 e. The monoisotopic (exact) mass is 198 g/mol. The molecule has 0 amide bonds. The first-order valence-electron chi connectivity index (χ1n) is 4.83. The van der Waals surface area contributed by atoms with Crippen LogP contribution in [0.25, 0.3) is 0 Å². The van der Waals surface area contributed by atoms with E-state index >= 15 is 0 Å². The van der Waals surface area contributed by atoms with E-state index in [-0.39, 0.29) is 0 Å². The molecule has 1 aromatic carbocycles. The van der Waals surface area contributed by atoms with Crippen molar-refractivity contribution in [1.29, 1.82) is 0 Å². The molecule has 0 N–H and O–H groups in total. The minimum atomic E-state index is -2.72. The summed E-state index contributed by atoms with van der Waals surface area (Å²) in [6, 6.07) is 5.39. The Hall–Kier alpha value is -1.12. The maximum atomic E-state index is 12.1. The lowest BCUT2D eigenvalue weighted by Crippen LogP contribution is -2.09. The van der Waals surface area contributed by atoms with Crippen LogP contribution in [0.1, 0.15) is 24.0 Å². The second-order valence-corrected chi connectivity index (χ2v) is 3.48. The van der Waals surface area contributed by atoms with Gasteiger partial charge in [-0.2, -0.15) is 8.78 Å². The molecular formula is C11H12F2O. The van der Waals surface area contributed by atoms with Gasteiger partial charge in [0.25, 0.3) is 0 Å². The highest BCUT2D eigenvalue weighted by molar-refractivity contribution is 5.41. The maximum Gasteiger partial charge on any atom is 0.387 e. The average Bonchev–Trinajstić information content (AvgIpc) is 2.18. The number of rotatable bonds is 2. The molecule has 76 valence electrons. The van der Waals surface area contributed by atoms with Crippen LogP contribution in [-0.2, 0) is 12.8 Å². The Morgan fingerprint density at radius 3 is 2.71 bits per heavy atom. The Labute approximate surface area is 81.7 Å². The zero-order valence-corrected chi connectivity index (χ0v) is 7.80. The van der Waals surface area contributed by atoms with E-state index in [1.54, 1.807) is 12.1 Å². The van der Waals surface area contributed by atoms with Gasteiger partial charge in [-0.1, -0.05) is 12.1 Å². The number of alkyl halides is 2. The molecule has 1 aromatic rings. The summed E-state index contributed by atoms with van der Waals surface area (Å²) in [6.45, 7) is -2.72. The van der Waals surface area contributed by atoms with Crippen molar-refractivity contribution in [2.45, 2.75) is 32.3 Å². The lowest BCUT2D eigenvalue weighted by molar-refractivity contribution is -0.0505. The van der Waals surface area contributed by atoms with Crippen molar-refractivity contribution in [3.63, 3.8) is 0 Å². The highest BCUT2D eigenvalue weighted by atomic mass is 19.3. The largest absolute Gasteiger partial charge is 0.435 e. The van der Waals surface area contributed by atoms with Crippen molar-refractivity contribution in [3.8, 4) is 5.75 Å². The molecule has 3 heteroatoms. The van der Waals surface area contributed by atoms with E-state index in [9.17, 15) is 8.78 Å². The average molecular weight is 198 g/mol. The van der Waals surface area contributed by atoms with Crippen LogP contribution in [-0.4, -0.2) is 6.61 Å². The number of hydrogen-bond acceptors (Lipinski definition) is 1. The van der Waals surface area contributed by atoms with Crippen LogP contribution in [0.15, 0.2) is 18.2 Å². The summed E-state index contributed by atoms with van der Waals surface area (Å²) in [6.07, 6.45) is 4.05. The quantitative estimate of drug-likeness (QED) is 0.709. The Balaban J connectivity index is 2.30. The van der Waals surface area contributed by atoms with Gasteiger partial charge in [0.05, 0.1) is 0 Å². The van der Waals surface area contributed by atoms with Crippen LogP contribution in [0.4, 0.5) is 8.78 Å². The lowest BCUT2D eigenvalue weighted by Gasteiger charge is -2.18. The molecule has 14 heavy (non-hydrogen) atoms. The molecule has 0 aliphatic heterocycles. The molecule has 0 radical (unpaired) electrons. The molecule has 2 rings (SSSR count). The third-order valence-electron chi connectivity index (χ3n) is 2.57. The molecule has 1 aliphatic carbocycles. The minimum absolute atomic E-state index is 0.359. The molecule has 0 fully saturated rings. The van der Waals surface area contributed by atoms with E-state index in [1.807, 2.05) is 6.07 Å². The summed E-state index contributed by atoms with van der Waals surface area (Å²) < 4.78 is 28.6. The number of aryl methyl sites for hydroxylation is 1. The van der Waals surface area contributed by atoms with Crippen molar-refractivity contribution in [2.24, 2.45) is 0 Å². The van der Waals surface area contributed by atoms with Crippen molar-refractivity contribution >= 4 is 0 Å². The molecule has 0 unspecified atom stereocenters. The number of halogens is 2. The van der Waals surface area contributed by atoms with Gasteiger partial charge in [-0.05, 0) is 42.9 Å². The first-order chi connectivity index (χ1) is 6.77. The molecule has 1 nitrogen and oxygen atoms in total. The summed E-state index contributed by atoms with van der Waals surface area (Å²) in [5.74, 6) is 0.359.